The molecule has 0 aromatic heterocycles. The van der Waals surface area contributed by atoms with Crippen LogP contribution in [0.25, 0.3) is 0 Å². The maximum absolute atomic E-state index is 8.82. The van der Waals surface area contributed by atoms with Gasteiger partial charge in [0, 0.05) is 0 Å². The molecule has 0 atom stereocenters. The zero-order valence-electron chi connectivity index (χ0n) is 7.06. The van der Waals surface area contributed by atoms with Crippen molar-refractivity contribution in [1.29, 1.82) is 0 Å². The van der Waals surface area contributed by atoms with E-state index in [1.165, 1.54) is 12.0 Å². The number of unbranched alkanes of at least 4 members (excludes halogenated alkanes) is 1. The molecule has 0 fully saturated rings. The van der Waals surface area contributed by atoms with Gasteiger partial charge in [0.15, 0.2) is 0 Å². The Balaban J connectivity index is 3.55. The maximum Gasteiger partial charge on any atom is 0.0641 e. The largest absolute Gasteiger partial charge is 0.392 e. The molecule has 0 aliphatic heterocycles. The second kappa shape index (κ2) is 6.81. The van der Waals surface area contributed by atoms with Gasteiger partial charge in [0.05, 0.1) is 6.61 Å². The Morgan fingerprint density at radius 3 is 2.40 bits per heavy atom. The van der Waals surface area contributed by atoms with Gasteiger partial charge in [0.1, 0.15) is 0 Å². The van der Waals surface area contributed by atoms with E-state index in [9.17, 15) is 0 Å². The van der Waals surface area contributed by atoms with Crippen LogP contribution in [0.15, 0.2) is 11.6 Å². The van der Waals surface area contributed by atoms with Crippen LogP contribution in [0.1, 0.15) is 39.5 Å². The smallest absolute Gasteiger partial charge is 0.0641 e. The van der Waals surface area contributed by atoms with Crippen LogP contribution in [0.2, 0.25) is 0 Å². The van der Waals surface area contributed by atoms with E-state index in [1.54, 1.807) is 0 Å². The summed E-state index contributed by atoms with van der Waals surface area (Å²) in [6, 6.07) is 0. The highest BCUT2D eigenvalue weighted by molar-refractivity contribution is 5.01. The second-order valence-electron chi connectivity index (χ2n) is 2.56. The molecule has 0 saturated heterocycles. The van der Waals surface area contributed by atoms with Crippen LogP contribution in [0.5, 0.6) is 0 Å². The Morgan fingerprint density at radius 1 is 1.30 bits per heavy atom. The van der Waals surface area contributed by atoms with E-state index in [0.717, 1.165) is 19.3 Å². The van der Waals surface area contributed by atoms with Crippen LogP contribution in [0.3, 0.4) is 0 Å². The van der Waals surface area contributed by atoms with E-state index in [-0.39, 0.29) is 6.61 Å². The number of aliphatic hydroxyl groups is 1. The number of hydrogen-bond acceptors (Lipinski definition) is 1. The third-order valence-corrected chi connectivity index (χ3v) is 1.50. The lowest BCUT2D eigenvalue weighted by atomic mass is 10.1. The van der Waals surface area contributed by atoms with E-state index in [2.05, 4.69) is 19.9 Å². The summed E-state index contributed by atoms with van der Waals surface area (Å²) in [7, 11) is 0. The lowest BCUT2D eigenvalue weighted by Crippen LogP contribution is -1.89. The molecule has 0 spiro atoms. The van der Waals surface area contributed by atoms with Crippen LogP contribution in [-0.2, 0) is 0 Å². The average molecular weight is 142 g/mol. The molecule has 10 heavy (non-hydrogen) atoms. The molecule has 1 N–H and O–H groups in total. The minimum absolute atomic E-state index is 0.244. The number of rotatable bonds is 5. The topological polar surface area (TPSA) is 20.2 Å². The van der Waals surface area contributed by atoms with Crippen molar-refractivity contribution in [3.63, 3.8) is 0 Å². The predicted molar refractivity (Wildman–Crippen MR) is 45.0 cm³/mol. The van der Waals surface area contributed by atoms with Crippen LogP contribution < -0.4 is 0 Å². The van der Waals surface area contributed by atoms with Gasteiger partial charge in [-0.15, -0.1) is 0 Å². The lowest BCUT2D eigenvalue weighted by Gasteiger charge is -1.99. The predicted octanol–water partition coefficient (Wildman–Crippen LogP) is 2.51. The first kappa shape index (κ1) is 9.70. The fraction of sp³-hybridized carbons (Fsp3) is 0.778. The molecule has 1 nitrogen and oxygen atoms in total. The Bertz CT molecular complexity index is 94.9. The number of aliphatic hydroxyl groups excluding tert-OH is 1. The van der Waals surface area contributed by atoms with Crippen LogP contribution >= 0.6 is 0 Å². The van der Waals surface area contributed by atoms with Gasteiger partial charge in [0.2, 0.25) is 0 Å². The zero-order chi connectivity index (χ0) is 7.82. The summed E-state index contributed by atoms with van der Waals surface area (Å²) in [5, 5.41) is 8.82. The Morgan fingerprint density at radius 2 is 2.00 bits per heavy atom. The van der Waals surface area contributed by atoms with Gasteiger partial charge in [-0.25, -0.2) is 0 Å². The van der Waals surface area contributed by atoms with Crippen molar-refractivity contribution < 1.29 is 5.11 Å². The van der Waals surface area contributed by atoms with Crippen molar-refractivity contribution in [2.24, 2.45) is 0 Å². The molecule has 0 aliphatic rings. The summed E-state index contributed by atoms with van der Waals surface area (Å²) in [4.78, 5) is 0. The van der Waals surface area contributed by atoms with Crippen molar-refractivity contribution in [1.82, 2.24) is 0 Å². The number of allylic oxidation sites excluding steroid dienone is 1. The normalized spacial score (nSPS) is 12.1. The van der Waals surface area contributed by atoms with Crippen LogP contribution in [0, 0.1) is 0 Å². The molecule has 0 aromatic rings. The van der Waals surface area contributed by atoms with Gasteiger partial charge in [-0.05, 0) is 18.4 Å². The van der Waals surface area contributed by atoms with Crippen molar-refractivity contribution in [2.45, 2.75) is 39.5 Å². The summed E-state index contributed by atoms with van der Waals surface area (Å²) in [6.45, 7) is 4.53. The van der Waals surface area contributed by atoms with Crippen LogP contribution in [0.4, 0.5) is 0 Å². The molecule has 0 radical (unpaired) electrons. The van der Waals surface area contributed by atoms with E-state index in [1.807, 2.05) is 0 Å². The van der Waals surface area contributed by atoms with Gasteiger partial charge in [-0.1, -0.05) is 32.8 Å². The Hall–Kier alpha value is -0.300. The summed E-state index contributed by atoms with van der Waals surface area (Å²) >= 11 is 0. The molecule has 0 bridgehead atoms. The van der Waals surface area contributed by atoms with Crippen molar-refractivity contribution in [2.75, 3.05) is 6.61 Å². The van der Waals surface area contributed by atoms with Gasteiger partial charge in [0.25, 0.3) is 0 Å². The second-order valence-corrected chi connectivity index (χ2v) is 2.56. The third-order valence-electron chi connectivity index (χ3n) is 1.50. The number of hydrogen-bond donors (Lipinski definition) is 1. The standard InChI is InChI=1S/C9H18O/c1-3-5-7-9(8-10)6-4-2/h7,10H,3-6,8H2,1-2H3/b9-7+. The van der Waals surface area contributed by atoms with Gasteiger partial charge < -0.3 is 5.11 Å². The molecule has 0 saturated carbocycles. The summed E-state index contributed by atoms with van der Waals surface area (Å²) in [6.07, 6.45) is 6.62. The van der Waals surface area contributed by atoms with E-state index in [4.69, 9.17) is 5.11 Å². The van der Waals surface area contributed by atoms with Gasteiger partial charge in [-0.3, -0.25) is 0 Å². The van der Waals surface area contributed by atoms with E-state index < -0.39 is 0 Å². The third kappa shape index (κ3) is 4.57. The first-order valence-electron chi connectivity index (χ1n) is 4.13. The zero-order valence-corrected chi connectivity index (χ0v) is 7.06. The molecular weight excluding hydrogens is 124 g/mol. The first-order chi connectivity index (χ1) is 4.85. The molecule has 0 aliphatic carbocycles. The lowest BCUT2D eigenvalue weighted by molar-refractivity contribution is 0.325. The molecule has 1 heteroatoms. The monoisotopic (exact) mass is 142 g/mol. The van der Waals surface area contributed by atoms with Crippen LogP contribution in [-0.4, -0.2) is 11.7 Å². The SMILES string of the molecule is CCC/C=C(/CO)CCC. The Kier molecular flexibility index (Phi) is 6.61. The highest BCUT2D eigenvalue weighted by Crippen LogP contribution is 2.05. The minimum Gasteiger partial charge on any atom is -0.392 e. The fourth-order valence-corrected chi connectivity index (χ4v) is 0.915. The quantitative estimate of drug-likeness (QED) is 0.585. The maximum atomic E-state index is 8.82. The highest BCUT2D eigenvalue weighted by atomic mass is 16.3. The molecule has 0 rings (SSSR count). The summed E-state index contributed by atoms with van der Waals surface area (Å²) in [5.41, 5.74) is 1.20. The first-order valence-corrected chi connectivity index (χ1v) is 4.13. The minimum atomic E-state index is 0.244. The Labute approximate surface area is 63.8 Å². The molecule has 0 heterocycles. The van der Waals surface area contributed by atoms with Crippen molar-refractivity contribution in [3.8, 4) is 0 Å². The summed E-state index contributed by atoms with van der Waals surface area (Å²) < 4.78 is 0. The molecule has 60 valence electrons. The van der Waals surface area contributed by atoms with Gasteiger partial charge in [-0.2, -0.15) is 0 Å². The van der Waals surface area contributed by atoms with Crippen molar-refractivity contribution >= 4 is 0 Å². The molecular formula is C9H18O. The average Bonchev–Trinajstić information content (AvgIpc) is 1.98. The molecule has 0 aromatic carbocycles. The molecule has 0 amide bonds. The van der Waals surface area contributed by atoms with Crippen molar-refractivity contribution in [3.05, 3.63) is 11.6 Å². The van der Waals surface area contributed by atoms with E-state index in [0.29, 0.717) is 0 Å². The highest BCUT2D eigenvalue weighted by Gasteiger charge is 1.90. The summed E-state index contributed by atoms with van der Waals surface area (Å²) in [5.74, 6) is 0. The van der Waals surface area contributed by atoms with Gasteiger partial charge >= 0.3 is 0 Å². The fourth-order valence-electron chi connectivity index (χ4n) is 0.915. The molecule has 0 unspecified atom stereocenters. The van der Waals surface area contributed by atoms with E-state index >= 15 is 0 Å².